The normalized spacial score (nSPS) is 12.0. The molecule has 0 radical (unpaired) electrons. The molecule has 0 aromatic heterocycles. The third kappa shape index (κ3) is 6.74. The number of hydrogen-bond donors (Lipinski definition) is 0. The Kier molecular flexibility index (Phi) is 6.21. The van der Waals surface area contributed by atoms with Gasteiger partial charge in [0.05, 0.1) is 5.56 Å². The molecule has 2 aromatic carbocycles. The fraction of sp³-hybridized carbons (Fsp3) is 0.200. The lowest BCUT2D eigenvalue weighted by Crippen LogP contribution is -2.16. The van der Waals surface area contributed by atoms with Crippen molar-refractivity contribution in [1.29, 1.82) is 0 Å². The van der Waals surface area contributed by atoms with Crippen LogP contribution in [-0.2, 0) is 0 Å². The van der Waals surface area contributed by atoms with E-state index in [1.54, 1.807) is 0 Å². The summed E-state index contributed by atoms with van der Waals surface area (Å²) in [6, 6.07) is 8.65. The summed E-state index contributed by atoms with van der Waals surface area (Å²) in [6.45, 7) is 1.34. The molecule has 0 amide bonds. The van der Waals surface area contributed by atoms with Gasteiger partial charge in [-0.25, -0.2) is 13.2 Å². The van der Waals surface area contributed by atoms with E-state index in [2.05, 4.69) is 16.6 Å². The molecule has 0 spiro atoms. The van der Waals surface area contributed by atoms with E-state index < -0.39 is 18.1 Å². The Labute approximate surface area is 152 Å². The second kappa shape index (κ2) is 8.21. The molecule has 7 heteroatoms. The third-order valence-corrected chi connectivity index (χ3v) is 3.41. The van der Waals surface area contributed by atoms with Gasteiger partial charge in [0.2, 0.25) is 0 Å². The maximum Gasteiger partial charge on any atom is 0.573 e. The Balaban J connectivity index is 2.13. The van der Waals surface area contributed by atoms with E-state index in [1.165, 1.54) is 31.2 Å². The summed E-state index contributed by atoms with van der Waals surface area (Å²) in [4.78, 5) is 0. The lowest BCUT2D eigenvalue weighted by atomic mass is 10.1. The zero-order chi connectivity index (χ0) is 20.1. The summed E-state index contributed by atoms with van der Waals surface area (Å²) in [5.74, 6) is 1.12. The van der Waals surface area contributed by atoms with Gasteiger partial charge in [-0.3, -0.25) is 0 Å². The highest BCUT2D eigenvalue weighted by molar-refractivity contribution is 5.53. The van der Waals surface area contributed by atoms with Gasteiger partial charge in [0.25, 0.3) is 5.92 Å². The van der Waals surface area contributed by atoms with E-state index in [4.69, 9.17) is 0 Å². The van der Waals surface area contributed by atoms with E-state index in [0.717, 1.165) is 24.3 Å². The summed E-state index contributed by atoms with van der Waals surface area (Å²) < 4.78 is 80.4. The van der Waals surface area contributed by atoms with Crippen molar-refractivity contribution < 1.29 is 31.1 Å². The highest BCUT2D eigenvalue weighted by Crippen LogP contribution is 2.23. The van der Waals surface area contributed by atoms with E-state index in [0.29, 0.717) is 11.6 Å². The maximum absolute atomic E-state index is 14.0. The van der Waals surface area contributed by atoms with Crippen LogP contribution in [0.4, 0.5) is 26.3 Å². The molecular weight excluding hydrogens is 370 g/mol. The van der Waals surface area contributed by atoms with Crippen LogP contribution in [0.2, 0.25) is 0 Å². The van der Waals surface area contributed by atoms with Gasteiger partial charge in [-0.2, -0.15) is 0 Å². The third-order valence-electron chi connectivity index (χ3n) is 3.41. The number of hydrogen-bond acceptors (Lipinski definition) is 1. The minimum absolute atomic E-state index is 0.0324. The van der Waals surface area contributed by atoms with Crippen molar-refractivity contribution in [1.82, 2.24) is 0 Å². The molecule has 0 atom stereocenters. The van der Waals surface area contributed by atoms with Gasteiger partial charge in [-0.05, 0) is 48.0 Å². The first-order valence-corrected chi connectivity index (χ1v) is 7.82. The molecular formula is C20H14F6O. The number of ether oxygens (including phenoxy) is 1. The highest BCUT2D eigenvalue weighted by Gasteiger charge is 2.30. The van der Waals surface area contributed by atoms with Crippen LogP contribution in [0.25, 0.3) is 6.08 Å². The SMILES string of the molecule is CCC(F)(F)/C=C/c1ccc(C#Cc2ccc(OC(F)(F)F)cc2)c(F)c1. The Hall–Kier alpha value is -2.88. The molecule has 0 unspecified atom stereocenters. The summed E-state index contributed by atoms with van der Waals surface area (Å²) in [6.07, 6.45) is -3.31. The molecule has 0 aliphatic heterocycles. The molecule has 0 saturated carbocycles. The molecule has 0 aliphatic carbocycles. The average molecular weight is 384 g/mol. The summed E-state index contributed by atoms with van der Waals surface area (Å²) >= 11 is 0. The van der Waals surface area contributed by atoms with Crippen molar-refractivity contribution in [2.24, 2.45) is 0 Å². The molecule has 0 fully saturated rings. The van der Waals surface area contributed by atoms with Crippen LogP contribution in [0.3, 0.4) is 0 Å². The Bertz CT molecular complexity index is 870. The van der Waals surface area contributed by atoms with Crippen LogP contribution in [0.15, 0.2) is 48.5 Å². The standard InChI is InChI=1S/C20H14F6O/c1-2-19(22,23)12-11-15-4-8-16(18(21)13-15)7-3-14-5-9-17(10-6-14)27-20(24,25)26/h4-6,8-13H,2H2,1H3/b12-11+. The van der Waals surface area contributed by atoms with Crippen LogP contribution < -0.4 is 4.74 Å². The van der Waals surface area contributed by atoms with Crippen LogP contribution in [-0.4, -0.2) is 12.3 Å². The van der Waals surface area contributed by atoms with Crippen molar-refractivity contribution >= 4 is 6.08 Å². The fourth-order valence-corrected chi connectivity index (χ4v) is 1.95. The molecule has 1 nitrogen and oxygen atoms in total. The number of allylic oxidation sites excluding steroid dienone is 1. The largest absolute Gasteiger partial charge is 0.573 e. The first kappa shape index (κ1) is 20.4. The minimum atomic E-state index is -4.78. The van der Waals surface area contributed by atoms with Gasteiger partial charge in [0, 0.05) is 12.0 Å². The van der Waals surface area contributed by atoms with Crippen molar-refractivity contribution in [2.45, 2.75) is 25.6 Å². The molecule has 27 heavy (non-hydrogen) atoms. The van der Waals surface area contributed by atoms with E-state index in [9.17, 15) is 26.3 Å². The van der Waals surface area contributed by atoms with E-state index in [1.807, 2.05) is 0 Å². The highest BCUT2D eigenvalue weighted by atomic mass is 19.4. The first-order valence-electron chi connectivity index (χ1n) is 7.82. The maximum atomic E-state index is 14.0. The van der Waals surface area contributed by atoms with Gasteiger partial charge in [0.1, 0.15) is 11.6 Å². The second-order valence-electron chi connectivity index (χ2n) is 5.51. The minimum Gasteiger partial charge on any atom is -0.406 e. The lowest BCUT2D eigenvalue weighted by molar-refractivity contribution is -0.274. The predicted molar refractivity (Wildman–Crippen MR) is 89.8 cm³/mol. The average Bonchev–Trinajstić information content (AvgIpc) is 2.59. The smallest absolute Gasteiger partial charge is 0.406 e. The Morgan fingerprint density at radius 2 is 1.63 bits per heavy atom. The number of rotatable bonds is 4. The molecule has 0 bridgehead atoms. The van der Waals surface area contributed by atoms with Gasteiger partial charge < -0.3 is 4.74 Å². The zero-order valence-electron chi connectivity index (χ0n) is 14.1. The summed E-state index contributed by atoms with van der Waals surface area (Å²) in [7, 11) is 0. The van der Waals surface area contributed by atoms with Gasteiger partial charge in [-0.15, -0.1) is 13.2 Å². The molecule has 0 N–H and O–H groups in total. The van der Waals surface area contributed by atoms with Crippen molar-refractivity contribution in [3.8, 4) is 17.6 Å². The molecule has 2 rings (SSSR count). The Morgan fingerprint density at radius 3 is 2.19 bits per heavy atom. The fourth-order valence-electron chi connectivity index (χ4n) is 1.95. The van der Waals surface area contributed by atoms with Crippen molar-refractivity contribution in [2.75, 3.05) is 0 Å². The van der Waals surface area contributed by atoms with Gasteiger partial charge in [0.15, 0.2) is 0 Å². The van der Waals surface area contributed by atoms with Crippen LogP contribution in [0, 0.1) is 17.7 Å². The molecule has 2 aromatic rings. The molecule has 0 heterocycles. The zero-order valence-corrected chi connectivity index (χ0v) is 14.1. The molecule has 142 valence electrons. The first-order chi connectivity index (χ1) is 12.6. The van der Waals surface area contributed by atoms with Crippen LogP contribution in [0.1, 0.15) is 30.0 Å². The molecule has 0 aliphatic rings. The second-order valence-corrected chi connectivity index (χ2v) is 5.51. The monoisotopic (exact) mass is 384 g/mol. The van der Waals surface area contributed by atoms with Crippen molar-refractivity contribution in [3.05, 3.63) is 71.0 Å². The van der Waals surface area contributed by atoms with E-state index in [-0.39, 0.29) is 23.3 Å². The van der Waals surface area contributed by atoms with E-state index >= 15 is 0 Å². The number of benzene rings is 2. The van der Waals surface area contributed by atoms with Crippen LogP contribution in [0.5, 0.6) is 5.75 Å². The van der Waals surface area contributed by atoms with Gasteiger partial charge in [-0.1, -0.05) is 30.9 Å². The summed E-state index contributed by atoms with van der Waals surface area (Å²) in [5.41, 5.74) is 0.653. The topological polar surface area (TPSA) is 9.23 Å². The molecule has 0 saturated heterocycles. The summed E-state index contributed by atoms with van der Waals surface area (Å²) in [5, 5.41) is 0. The van der Waals surface area contributed by atoms with Crippen molar-refractivity contribution in [3.63, 3.8) is 0 Å². The van der Waals surface area contributed by atoms with Crippen LogP contribution >= 0.6 is 0 Å². The predicted octanol–water partition coefficient (Wildman–Crippen LogP) is 6.18. The van der Waals surface area contributed by atoms with Gasteiger partial charge >= 0.3 is 6.36 Å². The quantitative estimate of drug-likeness (QED) is 0.452. The Morgan fingerprint density at radius 1 is 0.963 bits per heavy atom. The number of alkyl halides is 5. The lowest BCUT2D eigenvalue weighted by Gasteiger charge is -2.08. The number of halogens is 6.